The molecule has 22 heavy (non-hydrogen) atoms. The van der Waals surface area contributed by atoms with Crippen molar-refractivity contribution < 1.29 is 5.11 Å². The van der Waals surface area contributed by atoms with Gasteiger partial charge in [-0.05, 0) is 19.9 Å². The van der Waals surface area contributed by atoms with Crippen LogP contribution in [0, 0.1) is 0 Å². The smallest absolute Gasteiger partial charge is 0.155 e. The minimum absolute atomic E-state index is 0.147. The molecule has 0 amide bonds. The Morgan fingerprint density at radius 2 is 2.18 bits per heavy atom. The van der Waals surface area contributed by atoms with E-state index in [1.807, 2.05) is 18.3 Å². The van der Waals surface area contributed by atoms with Gasteiger partial charge >= 0.3 is 0 Å². The fraction of sp³-hybridized carbons (Fsp3) is 0.286. The second-order valence-electron chi connectivity index (χ2n) is 5.12. The molecule has 3 aromatic heterocycles. The van der Waals surface area contributed by atoms with E-state index in [1.54, 1.807) is 28.0 Å². The highest BCUT2D eigenvalue weighted by molar-refractivity contribution is 5.62. The van der Waals surface area contributed by atoms with Gasteiger partial charge in [0.1, 0.15) is 11.4 Å². The van der Waals surface area contributed by atoms with Crippen LogP contribution in [0.4, 0.5) is 5.69 Å². The molecule has 3 heterocycles. The first-order chi connectivity index (χ1) is 10.7. The molecule has 0 aliphatic heterocycles. The van der Waals surface area contributed by atoms with E-state index in [2.05, 4.69) is 39.6 Å². The Kier molecular flexibility index (Phi) is 3.84. The van der Waals surface area contributed by atoms with Crippen molar-refractivity contribution in [3.8, 4) is 11.5 Å². The van der Waals surface area contributed by atoms with E-state index in [-0.39, 0.29) is 12.6 Å². The minimum Gasteiger partial charge on any atom is -0.390 e. The summed E-state index contributed by atoms with van der Waals surface area (Å²) in [6.45, 7) is 3.96. The van der Waals surface area contributed by atoms with Gasteiger partial charge in [0.05, 0.1) is 24.7 Å². The summed E-state index contributed by atoms with van der Waals surface area (Å²) in [6.07, 6.45) is 6.92. The van der Waals surface area contributed by atoms with Gasteiger partial charge in [-0.1, -0.05) is 5.21 Å². The van der Waals surface area contributed by atoms with Crippen LogP contribution in [-0.4, -0.2) is 40.9 Å². The van der Waals surface area contributed by atoms with Crippen molar-refractivity contribution in [1.29, 1.82) is 0 Å². The van der Waals surface area contributed by atoms with Gasteiger partial charge in [0.2, 0.25) is 0 Å². The van der Waals surface area contributed by atoms with E-state index in [0.717, 1.165) is 11.4 Å². The van der Waals surface area contributed by atoms with Gasteiger partial charge < -0.3 is 10.4 Å². The topological polar surface area (TPSA) is 93.7 Å². The summed E-state index contributed by atoms with van der Waals surface area (Å²) >= 11 is 0. The first-order valence-electron chi connectivity index (χ1n) is 6.96. The van der Waals surface area contributed by atoms with E-state index in [1.165, 1.54) is 0 Å². The van der Waals surface area contributed by atoms with Crippen LogP contribution >= 0.6 is 0 Å². The number of nitrogens with zero attached hydrogens (tertiary/aromatic N) is 6. The predicted molar refractivity (Wildman–Crippen MR) is 81.0 cm³/mol. The maximum atomic E-state index is 9.12. The quantitative estimate of drug-likeness (QED) is 0.734. The van der Waals surface area contributed by atoms with Crippen molar-refractivity contribution in [2.45, 2.75) is 26.5 Å². The van der Waals surface area contributed by atoms with Crippen molar-refractivity contribution in [2.75, 3.05) is 5.32 Å². The number of pyridine rings is 1. The first kappa shape index (κ1) is 14.2. The van der Waals surface area contributed by atoms with Crippen molar-refractivity contribution >= 4 is 5.69 Å². The molecule has 3 aromatic rings. The molecule has 0 saturated carbocycles. The van der Waals surface area contributed by atoms with Crippen LogP contribution in [0.5, 0.6) is 0 Å². The Balaban J connectivity index is 2.05. The number of hydrogen-bond donors (Lipinski definition) is 2. The molecule has 114 valence electrons. The van der Waals surface area contributed by atoms with Crippen molar-refractivity contribution in [3.05, 3.63) is 42.6 Å². The minimum atomic E-state index is -0.147. The highest BCUT2D eigenvalue weighted by Gasteiger charge is 2.11. The van der Waals surface area contributed by atoms with Crippen LogP contribution < -0.4 is 5.32 Å². The standard InChI is InChI=1S/C14H17N7O/c1-10(2)17-12-6-14(20-5-3-4-16-20)15-7-13(12)21-8-11(9-22)18-19-21/h3-8,10,22H,9H2,1-2H3,(H,15,17). The number of hydrogen-bond acceptors (Lipinski definition) is 6. The van der Waals surface area contributed by atoms with Gasteiger partial charge in [-0.2, -0.15) is 5.10 Å². The van der Waals surface area contributed by atoms with Crippen LogP contribution in [0.25, 0.3) is 11.5 Å². The lowest BCUT2D eigenvalue weighted by Crippen LogP contribution is -2.14. The molecule has 0 bridgehead atoms. The molecule has 0 fully saturated rings. The molecular weight excluding hydrogens is 282 g/mol. The summed E-state index contributed by atoms with van der Waals surface area (Å²) in [5.74, 6) is 0.708. The zero-order valence-electron chi connectivity index (χ0n) is 12.4. The van der Waals surface area contributed by atoms with Gasteiger partial charge in [0.25, 0.3) is 0 Å². The molecule has 0 aromatic carbocycles. The van der Waals surface area contributed by atoms with Gasteiger partial charge in [0, 0.05) is 24.5 Å². The van der Waals surface area contributed by atoms with Gasteiger partial charge in [-0.25, -0.2) is 14.3 Å². The predicted octanol–water partition coefficient (Wildman–Crippen LogP) is 1.16. The number of nitrogens with one attached hydrogen (secondary N) is 1. The zero-order chi connectivity index (χ0) is 15.5. The van der Waals surface area contributed by atoms with E-state index >= 15 is 0 Å². The van der Waals surface area contributed by atoms with E-state index in [4.69, 9.17) is 5.11 Å². The highest BCUT2D eigenvalue weighted by atomic mass is 16.3. The fourth-order valence-corrected chi connectivity index (χ4v) is 2.06. The van der Waals surface area contributed by atoms with Crippen LogP contribution in [-0.2, 0) is 6.61 Å². The maximum Gasteiger partial charge on any atom is 0.155 e. The molecule has 0 unspecified atom stereocenters. The third-order valence-corrected chi connectivity index (χ3v) is 3.00. The summed E-state index contributed by atoms with van der Waals surface area (Å²) in [4.78, 5) is 4.41. The van der Waals surface area contributed by atoms with Gasteiger partial charge in [-0.15, -0.1) is 5.10 Å². The Labute approximate surface area is 127 Å². The average Bonchev–Trinajstić information content (AvgIpc) is 3.18. The zero-order valence-corrected chi connectivity index (χ0v) is 12.4. The Morgan fingerprint density at radius 3 is 2.82 bits per heavy atom. The number of anilines is 1. The number of aromatic nitrogens is 6. The Hall–Kier alpha value is -2.74. The number of aliphatic hydroxyl groups is 1. The summed E-state index contributed by atoms with van der Waals surface area (Å²) < 4.78 is 3.28. The molecular formula is C14H17N7O. The van der Waals surface area contributed by atoms with Crippen LogP contribution in [0.15, 0.2) is 36.9 Å². The summed E-state index contributed by atoms with van der Waals surface area (Å²) in [7, 11) is 0. The molecule has 8 nitrogen and oxygen atoms in total. The second kappa shape index (κ2) is 5.94. The lowest BCUT2D eigenvalue weighted by atomic mass is 10.3. The Morgan fingerprint density at radius 1 is 1.32 bits per heavy atom. The third-order valence-electron chi connectivity index (χ3n) is 3.00. The number of aliphatic hydroxyl groups excluding tert-OH is 1. The normalized spacial score (nSPS) is 11.1. The first-order valence-corrected chi connectivity index (χ1v) is 6.96. The molecule has 8 heteroatoms. The highest BCUT2D eigenvalue weighted by Crippen LogP contribution is 2.22. The fourth-order valence-electron chi connectivity index (χ4n) is 2.06. The molecule has 0 radical (unpaired) electrons. The van der Waals surface area contributed by atoms with Crippen LogP contribution in [0.1, 0.15) is 19.5 Å². The second-order valence-corrected chi connectivity index (χ2v) is 5.12. The van der Waals surface area contributed by atoms with Crippen molar-refractivity contribution in [2.24, 2.45) is 0 Å². The van der Waals surface area contributed by atoms with E-state index in [0.29, 0.717) is 11.5 Å². The largest absolute Gasteiger partial charge is 0.390 e. The molecule has 0 aliphatic rings. The maximum absolute atomic E-state index is 9.12. The monoisotopic (exact) mass is 299 g/mol. The summed E-state index contributed by atoms with van der Waals surface area (Å²) in [5, 5.41) is 24.6. The van der Waals surface area contributed by atoms with Gasteiger partial charge in [-0.3, -0.25) is 0 Å². The van der Waals surface area contributed by atoms with Crippen LogP contribution in [0.2, 0.25) is 0 Å². The lowest BCUT2D eigenvalue weighted by Gasteiger charge is -2.15. The van der Waals surface area contributed by atoms with Crippen molar-refractivity contribution in [3.63, 3.8) is 0 Å². The van der Waals surface area contributed by atoms with E-state index < -0.39 is 0 Å². The molecule has 3 rings (SSSR count). The van der Waals surface area contributed by atoms with Crippen molar-refractivity contribution in [1.82, 2.24) is 29.8 Å². The SMILES string of the molecule is CC(C)Nc1cc(-n2cccn2)ncc1-n1cc(CO)nn1. The average molecular weight is 299 g/mol. The third kappa shape index (κ3) is 2.82. The summed E-state index contributed by atoms with van der Waals surface area (Å²) in [6, 6.07) is 3.99. The van der Waals surface area contributed by atoms with Crippen LogP contribution in [0.3, 0.4) is 0 Å². The molecule has 2 N–H and O–H groups in total. The summed E-state index contributed by atoms with van der Waals surface area (Å²) in [5.41, 5.74) is 2.13. The molecule has 0 aliphatic carbocycles. The molecule has 0 atom stereocenters. The Bertz CT molecular complexity index is 748. The number of rotatable bonds is 5. The lowest BCUT2D eigenvalue weighted by molar-refractivity contribution is 0.276. The molecule has 0 saturated heterocycles. The van der Waals surface area contributed by atoms with Gasteiger partial charge in [0.15, 0.2) is 5.82 Å². The van der Waals surface area contributed by atoms with E-state index in [9.17, 15) is 0 Å². The molecule has 0 spiro atoms.